The maximum atomic E-state index is 12.7. The number of methoxy groups -OCH3 is 1. The van der Waals surface area contributed by atoms with Crippen molar-refractivity contribution in [3.63, 3.8) is 0 Å². The van der Waals surface area contributed by atoms with Gasteiger partial charge in [-0.1, -0.05) is 12.1 Å². The van der Waals surface area contributed by atoms with Gasteiger partial charge in [-0.2, -0.15) is 5.10 Å². The van der Waals surface area contributed by atoms with Gasteiger partial charge in [0.15, 0.2) is 0 Å². The first-order chi connectivity index (χ1) is 14.1. The fraction of sp³-hybridized carbons (Fsp3) is 0.300. The van der Waals surface area contributed by atoms with E-state index in [1.54, 1.807) is 37.3 Å². The molecule has 0 unspecified atom stereocenters. The second-order valence-corrected chi connectivity index (χ2v) is 6.60. The Morgan fingerprint density at radius 2 is 1.93 bits per heavy atom. The summed E-state index contributed by atoms with van der Waals surface area (Å²) >= 11 is 0. The van der Waals surface area contributed by atoms with E-state index in [1.807, 2.05) is 24.3 Å². The summed E-state index contributed by atoms with van der Waals surface area (Å²) in [4.78, 5) is 23.5. The Bertz CT molecular complexity index is 996. The van der Waals surface area contributed by atoms with Crippen molar-refractivity contribution in [1.29, 1.82) is 0 Å². The Kier molecular flexibility index (Phi) is 5.39. The van der Waals surface area contributed by atoms with Gasteiger partial charge in [-0.25, -0.2) is 9.97 Å². The quantitative estimate of drug-likeness (QED) is 0.707. The van der Waals surface area contributed by atoms with Gasteiger partial charge in [0.05, 0.1) is 44.1 Å². The third kappa shape index (κ3) is 4.19. The van der Waals surface area contributed by atoms with Crippen LogP contribution in [0.15, 0.2) is 42.7 Å². The first-order valence-electron chi connectivity index (χ1n) is 9.28. The summed E-state index contributed by atoms with van der Waals surface area (Å²) < 4.78 is 12.1. The van der Waals surface area contributed by atoms with Crippen LogP contribution in [0.25, 0.3) is 11.3 Å². The van der Waals surface area contributed by atoms with Crippen molar-refractivity contribution in [2.45, 2.75) is 0 Å². The number of hydrogen-bond donors (Lipinski definition) is 1. The molecule has 0 bridgehead atoms. The number of aromatic nitrogens is 4. The van der Waals surface area contributed by atoms with Gasteiger partial charge in [-0.15, -0.1) is 0 Å². The van der Waals surface area contributed by atoms with E-state index in [4.69, 9.17) is 9.47 Å². The number of rotatable bonds is 5. The molecule has 150 valence electrons. The zero-order chi connectivity index (χ0) is 20.2. The Morgan fingerprint density at radius 1 is 1.17 bits per heavy atom. The molecule has 1 N–H and O–H groups in total. The van der Waals surface area contributed by atoms with E-state index in [9.17, 15) is 4.79 Å². The lowest BCUT2D eigenvalue weighted by Gasteiger charge is -2.26. The largest absolute Gasteiger partial charge is 0.497 e. The number of carbonyl (C=O) groups excluding carboxylic acids is 1. The fourth-order valence-corrected chi connectivity index (χ4v) is 3.11. The molecule has 0 spiro atoms. The second kappa shape index (κ2) is 8.27. The molecule has 2 aromatic heterocycles. The van der Waals surface area contributed by atoms with Crippen LogP contribution >= 0.6 is 0 Å². The number of nitrogens with zero attached hydrogens (tertiary/aromatic N) is 5. The van der Waals surface area contributed by atoms with E-state index >= 15 is 0 Å². The SMILES string of the molecule is COc1cccc(-c2cc(C(=O)Nc3cnc(N4CCOCC4)nc3)n(C)n2)c1. The monoisotopic (exact) mass is 394 g/mol. The van der Waals surface area contributed by atoms with Crippen molar-refractivity contribution >= 4 is 17.5 Å². The zero-order valence-corrected chi connectivity index (χ0v) is 16.3. The van der Waals surface area contributed by atoms with Crippen LogP contribution < -0.4 is 15.0 Å². The molecule has 1 aliphatic rings. The highest BCUT2D eigenvalue weighted by Gasteiger charge is 2.17. The second-order valence-electron chi connectivity index (χ2n) is 6.60. The molecule has 1 aromatic carbocycles. The summed E-state index contributed by atoms with van der Waals surface area (Å²) in [5, 5.41) is 7.27. The van der Waals surface area contributed by atoms with E-state index < -0.39 is 0 Å². The van der Waals surface area contributed by atoms with Gasteiger partial charge in [-0.05, 0) is 18.2 Å². The lowest BCUT2D eigenvalue weighted by Crippen LogP contribution is -2.37. The van der Waals surface area contributed by atoms with E-state index in [0.717, 1.165) is 24.4 Å². The van der Waals surface area contributed by atoms with Crippen LogP contribution in [0.3, 0.4) is 0 Å². The standard InChI is InChI=1S/C20H22N6O3/c1-25-18(11-17(24-25)14-4-3-5-16(10-14)28-2)19(27)23-15-12-21-20(22-13-15)26-6-8-29-9-7-26/h3-5,10-13H,6-9H2,1-2H3,(H,23,27). The zero-order valence-electron chi connectivity index (χ0n) is 16.3. The first kappa shape index (κ1) is 18.9. The van der Waals surface area contributed by atoms with Crippen LogP contribution in [0.5, 0.6) is 5.75 Å². The number of benzene rings is 1. The predicted octanol–water partition coefficient (Wildman–Crippen LogP) is 1.97. The van der Waals surface area contributed by atoms with Crippen LogP contribution in [0, 0.1) is 0 Å². The molecule has 1 aliphatic heterocycles. The van der Waals surface area contributed by atoms with Crippen LogP contribution in [-0.2, 0) is 11.8 Å². The van der Waals surface area contributed by atoms with Crippen molar-refractivity contribution < 1.29 is 14.3 Å². The minimum absolute atomic E-state index is 0.281. The number of morpholine rings is 1. The Hall–Kier alpha value is -3.46. The fourth-order valence-electron chi connectivity index (χ4n) is 3.11. The molecule has 1 saturated heterocycles. The summed E-state index contributed by atoms with van der Waals surface area (Å²) in [6.07, 6.45) is 3.21. The smallest absolute Gasteiger partial charge is 0.274 e. The summed E-state index contributed by atoms with van der Waals surface area (Å²) in [5.41, 5.74) is 2.52. The summed E-state index contributed by atoms with van der Waals surface area (Å²) in [6.45, 7) is 2.84. The molecule has 4 rings (SSSR count). The minimum atomic E-state index is -0.281. The molecule has 1 fully saturated rings. The van der Waals surface area contributed by atoms with Gasteiger partial charge in [0.1, 0.15) is 11.4 Å². The van der Waals surface area contributed by atoms with E-state index in [2.05, 4.69) is 25.3 Å². The van der Waals surface area contributed by atoms with Crippen molar-refractivity contribution in [3.8, 4) is 17.0 Å². The van der Waals surface area contributed by atoms with Crippen LogP contribution in [0.2, 0.25) is 0 Å². The number of anilines is 2. The highest BCUT2D eigenvalue weighted by molar-refractivity contribution is 6.03. The average Bonchev–Trinajstić information content (AvgIpc) is 3.17. The molecule has 29 heavy (non-hydrogen) atoms. The maximum Gasteiger partial charge on any atom is 0.274 e. The van der Waals surface area contributed by atoms with E-state index in [1.165, 1.54) is 0 Å². The van der Waals surface area contributed by atoms with Gasteiger partial charge in [-0.3, -0.25) is 9.48 Å². The van der Waals surface area contributed by atoms with Gasteiger partial charge in [0.25, 0.3) is 5.91 Å². The van der Waals surface area contributed by atoms with Crippen LogP contribution in [-0.4, -0.2) is 59.1 Å². The molecule has 1 amide bonds. The van der Waals surface area contributed by atoms with E-state index in [0.29, 0.717) is 36.2 Å². The lowest BCUT2D eigenvalue weighted by atomic mass is 10.1. The molecule has 0 aliphatic carbocycles. The van der Waals surface area contributed by atoms with Gasteiger partial charge in [0, 0.05) is 25.7 Å². The molecule has 3 aromatic rings. The number of hydrogen-bond acceptors (Lipinski definition) is 7. The van der Waals surface area contributed by atoms with Crippen molar-refractivity contribution in [2.24, 2.45) is 7.05 Å². The number of amides is 1. The third-order valence-corrected chi connectivity index (χ3v) is 4.67. The minimum Gasteiger partial charge on any atom is -0.497 e. The van der Waals surface area contributed by atoms with Crippen LogP contribution in [0.4, 0.5) is 11.6 Å². The highest BCUT2D eigenvalue weighted by Crippen LogP contribution is 2.23. The Morgan fingerprint density at radius 3 is 2.66 bits per heavy atom. The number of ether oxygens (including phenoxy) is 2. The van der Waals surface area contributed by atoms with Gasteiger partial charge in [0.2, 0.25) is 5.95 Å². The summed E-state index contributed by atoms with van der Waals surface area (Å²) in [7, 11) is 3.35. The molecule has 9 nitrogen and oxygen atoms in total. The summed E-state index contributed by atoms with van der Waals surface area (Å²) in [5.74, 6) is 1.08. The highest BCUT2D eigenvalue weighted by atomic mass is 16.5. The number of nitrogens with one attached hydrogen (secondary N) is 1. The Balaban J connectivity index is 1.47. The summed E-state index contributed by atoms with van der Waals surface area (Å²) in [6, 6.07) is 9.29. The molecular weight excluding hydrogens is 372 g/mol. The molecule has 0 radical (unpaired) electrons. The number of aryl methyl sites for hydroxylation is 1. The molecule has 9 heteroatoms. The average molecular weight is 394 g/mol. The van der Waals surface area contributed by atoms with Crippen molar-refractivity contribution in [2.75, 3.05) is 43.6 Å². The van der Waals surface area contributed by atoms with Gasteiger partial charge < -0.3 is 19.7 Å². The van der Waals surface area contributed by atoms with E-state index in [-0.39, 0.29) is 5.91 Å². The Labute approximate surface area is 168 Å². The normalized spacial score (nSPS) is 13.9. The van der Waals surface area contributed by atoms with Crippen molar-refractivity contribution in [1.82, 2.24) is 19.7 Å². The van der Waals surface area contributed by atoms with Gasteiger partial charge >= 0.3 is 0 Å². The number of carbonyl (C=O) groups is 1. The van der Waals surface area contributed by atoms with Crippen molar-refractivity contribution in [3.05, 3.63) is 48.4 Å². The van der Waals surface area contributed by atoms with Crippen LogP contribution in [0.1, 0.15) is 10.5 Å². The first-order valence-corrected chi connectivity index (χ1v) is 9.28. The lowest BCUT2D eigenvalue weighted by molar-refractivity contribution is 0.101. The molecular formula is C20H22N6O3. The molecule has 0 atom stereocenters. The molecule has 0 saturated carbocycles. The topological polar surface area (TPSA) is 94.4 Å². The molecule has 3 heterocycles. The third-order valence-electron chi connectivity index (χ3n) is 4.67. The maximum absolute atomic E-state index is 12.7. The predicted molar refractivity (Wildman–Crippen MR) is 108 cm³/mol.